The highest BCUT2D eigenvalue weighted by Gasteiger charge is 2.64. The first-order valence-corrected chi connectivity index (χ1v) is 44.0. The maximum atomic E-state index is 16.6. The zero-order valence-corrected chi connectivity index (χ0v) is 74.5. The van der Waals surface area contributed by atoms with E-state index in [-0.39, 0.29) is 35.5 Å². The van der Waals surface area contributed by atoms with Crippen LogP contribution in [0.1, 0.15) is 325 Å². The smallest absolute Gasteiger partial charge is 0.366 e. The van der Waals surface area contributed by atoms with Crippen LogP contribution in [0.3, 0.4) is 0 Å². The lowest BCUT2D eigenvalue weighted by atomic mass is 9.86. The van der Waals surface area contributed by atoms with Gasteiger partial charge in [0.05, 0.1) is 158 Å². The van der Waals surface area contributed by atoms with Crippen molar-refractivity contribution in [2.45, 2.75) is 397 Å². The fourth-order valence-corrected chi connectivity index (χ4v) is 16.7. The summed E-state index contributed by atoms with van der Waals surface area (Å²) in [6.45, 7) is -21.3. The van der Waals surface area contributed by atoms with Gasteiger partial charge in [-0.25, -0.2) is 9.59 Å². The Hall–Kier alpha value is -3.65. The largest absolute Gasteiger partial charge is 0.465 e. The highest BCUT2D eigenvalue weighted by atomic mass is 16.8. The van der Waals surface area contributed by atoms with Crippen LogP contribution < -0.4 is 0 Å². The molecular weight excluding hydrogens is 1710 g/mol. The summed E-state index contributed by atoms with van der Waals surface area (Å²) in [6, 6.07) is -9.98. The Morgan fingerprint density at radius 2 is 0.863 bits per heavy atom. The number of hydrogen-bond donors (Lipinski definition) is 0. The van der Waals surface area contributed by atoms with Crippen LogP contribution in [-0.4, -0.2) is 397 Å². The van der Waals surface area contributed by atoms with Crippen LogP contribution in [0.15, 0.2) is 0 Å². The van der Waals surface area contributed by atoms with Crippen molar-refractivity contribution >= 4 is 29.7 Å². The number of likely N-dealkylation sites (N-methyl/N-ethyl adjacent to an activating group) is 3. The molecule has 0 N–H and O–H groups in total. The molecule has 0 saturated carbocycles. The summed E-state index contributed by atoms with van der Waals surface area (Å²) in [7, 11) is -75.3. The molecule has 4 aliphatic rings. The summed E-state index contributed by atoms with van der Waals surface area (Å²) in [5, 5.41) is 0. The summed E-state index contributed by atoms with van der Waals surface area (Å²) in [5.41, 5.74) is 0. The van der Waals surface area contributed by atoms with E-state index in [1.165, 1.54) is 25.7 Å². The van der Waals surface area contributed by atoms with Crippen molar-refractivity contribution in [2.75, 3.05) is 194 Å². The molecule has 131 heavy (non-hydrogen) atoms. The lowest BCUT2D eigenvalue weighted by Gasteiger charge is -2.54. The van der Waals surface area contributed by atoms with Crippen molar-refractivity contribution in [1.82, 2.24) is 14.7 Å². The number of carbonyl (C=O) groups excluding carboxylic acids is 5. The first-order valence-electron chi connectivity index (χ1n) is 75.5. The molecule has 3 amide bonds. The Kier molecular flexibility index (Phi) is 28.1. The van der Waals surface area contributed by atoms with Crippen molar-refractivity contribution in [1.29, 1.82) is 0 Å². The van der Waals surface area contributed by atoms with E-state index in [2.05, 4.69) is 11.7 Å². The lowest BCUT2D eigenvalue weighted by Crippen LogP contribution is -2.72. The molecule has 0 radical (unpaired) electrons. The molecule has 0 unspecified atom stereocenters. The van der Waals surface area contributed by atoms with Crippen LogP contribution >= 0.6 is 0 Å². The molecule has 4 aliphatic heterocycles. The van der Waals surface area contributed by atoms with E-state index in [1.54, 1.807) is 0 Å². The van der Waals surface area contributed by atoms with Gasteiger partial charge in [-0.05, 0) is 12.8 Å². The Morgan fingerprint density at radius 1 is 0.412 bits per heavy atom. The van der Waals surface area contributed by atoms with Gasteiger partial charge in [0, 0.05) is 173 Å². The maximum Gasteiger partial charge on any atom is 0.366 e. The third-order valence-corrected chi connectivity index (χ3v) is 23.8. The average Bonchev–Trinajstić information content (AvgIpc) is 0.720. The first kappa shape index (κ1) is 54.4. The zero-order valence-electron chi connectivity index (χ0n) is 138. The molecule has 26 atom stereocenters. The molecule has 35 nitrogen and oxygen atoms in total. The fourth-order valence-electron chi connectivity index (χ4n) is 16.7. The maximum absolute atomic E-state index is 16.6. The van der Waals surface area contributed by atoms with E-state index in [0.29, 0.717) is 52.6 Å². The van der Waals surface area contributed by atoms with E-state index < -0.39 is 406 Å². The third-order valence-electron chi connectivity index (χ3n) is 23.8. The van der Waals surface area contributed by atoms with Crippen LogP contribution in [0, 0.1) is 0 Å². The van der Waals surface area contributed by atoms with Gasteiger partial charge in [0.2, 0.25) is 11.8 Å². The van der Waals surface area contributed by atoms with Crippen LogP contribution in [0.25, 0.3) is 0 Å². The van der Waals surface area contributed by atoms with Crippen molar-refractivity contribution in [3.05, 3.63) is 0 Å². The number of nitrogens with zero attached hydrogens (tertiary/aromatic N) is 3. The molecule has 4 fully saturated rings. The summed E-state index contributed by atoms with van der Waals surface area (Å²) in [4.78, 5) is 77.3. The third kappa shape index (κ3) is 36.2. The molecule has 35 heteroatoms. The summed E-state index contributed by atoms with van der Waals surface area (Å²) in [5.74, 6) is -22.0. The van der Waals surface area contributed by atoms with Crippen LogP contribution in [0.5, 0.6) is 0 Å². The predicted octanol–water partition coefficient (Wildman–Crippen LogP) is 11.4. The summed E-state index contributed by atoms with van der Waals surface area (Å²) < 4.78 is 692. The normalized spacial score (nSPS) is 36.9. The number of ether oxygens (including phenoxy) is 27. The van der Waals surface area contributed by atoms with Crippen LogP contribution in [0.2, 0.25) is 0 Å². The molecule has 0 aromatic carbocycles. The minimum atomic E-state index is -5.08. The number of hydrogen-bond acceptors (Lipinski definition) is 32. The lowest BCUT2D eigenvalue weighted by molar-refractivity contribution is -0.393. The quantitative estimate of drug-likeness (QED) is 0.0403. The molecule has 770 valence electrons. The highest BCUT2D eigenvalue weighted by molar-refractivity contribution is 5.82. The van der Waals surface area contributed by atoms with Gasteiger partial charge in [-0.15, -0.1) is 0 Å². The number of carbonyl (C=O) groups is 5. The van der Waals surface area contributed by atoms with Crippen molar-refractivity contribution in [3.63, 3.8) is 0 Å². The molecule has 0 aliphatic carbocycles. The Balaban J connectivity index is 2.50. The van der Waals surface area contributed by atoms with E-state index in [1.807, 2.05) is 6.92 Å². The number of methoxy groups -OCH3 is 19. The second-order valence-corrected chi connectivity index (χ2v) is 32.5. The highest BCUT2D eigenvalue weighted by Crippen LogP contribution is 2.45. The van der Waals surface area contributed by atoms with Crippen molar-refractivity contribution < 1.29 is 238 Å². The predicted molar refractivity (Wildman–Crippen MR) is 490 cm³/mol. The number of amides is 3. The van der Waals surface area contributed by atoms with Crippen molar-refractivity contribution in [3.8, 4) is 0 Å². The van der Waals surface area contributed by atoms with Gasteiger partial charge >= 0.3 is 11.9 Å². The first-order chi connectivity index (χ1) is 87.6. The molecule has 4 heterocycles. The molecule has 0 aromatic heterocycles. The zero-order chi connectivity index (χ0) is 149. The second-order valence-electron chi connectivity index (χ2n) is 32.5. The number of esters is 2. The average molecular weight is 1950 g/mol. The molecule has 0 aromatic rings. The molecule has 0 spiro atoms. The Bertz CT molecular complexity index is 5330. The minimum Gasteiger partial charge on any atom is -0.465 e. The Labute approximate surface area is 874 Å². The molecule has 4 rings (SSSR count). The monoisotopic (exact) mass is 1950 g/mol. The van der Waals surface area contributed by atoms with E-state index >= 15 is 19.2 Å². The molecule has 0 bridgehead atoms. The minimum absolute atomic E-state index is 0.112. The van der Waals surface area contributed by atoms with Gasteiger partial charge in [0.25, 0.3) is 17.5 Å². The number of rotatable bonds is 75. The van der Waals surface area contributed by atoms with Gasteiger partial charge in [-0.3, -0.25) is 14.4 Å². The van der Waals surface area contributed by atoms with Gasteiger partial charge < -0.3 is 143 Å². The number of unbranched alkanes of at least 4 members (excludes halogenated alkanes) is 28. The summed E-state index contributed by atoms with van der Waals surface area (Å²) in [6.07, 6.45) is -53.1. The van der Waals surface area contributed by atoms with Crippen molar-refractivity contribution in [2.24, 2.45) is 0 Å². The van der Waals surface area contributed by atoms with Gasteiger partial charge in [-0.1, -0.05) is 206 Å². The standard InChI is InChI=1S/C96H179N3O32/c1-26-28-30-32-34-36-38-39-40-41-42-43-44-45-47-49-51-53-55-57-69(110-12)90(102)98(5)67(79(115-17)68(109-11)56-54-52-50-48-46-37-35-33-31-29-27-2)60-124-91-88(120-22)86(119-21)83(75(126-91)64-108-10)128-92-89(121-23)87(82(118-20)74(127-92)63-107-9)131-96(94(104)123-25)59-71(112-14)78(85(130-96)81(117-19)73(114-16)62-106-8)99(6)76(101)65-125-95(93(103)122-24)58-70(111-13)77(97(4)66(3)100)84(129-95)80(116-18)72(113-15)61-105-7/h67-75,77-89,91-92H,26-65H2,1-25H3/t67-,68+,69+,70-,71-,72+,73+,74+,75+,77+,78+,79-,80+,81+,82-,83+,84+,85+,86-,87-,88+,89+,91+,92-,95+,96-/m0/s1/i4D3,5D3,6D3,7D3,8D3,9D3,10D3,11D3,12D3,13D3,14D3,16D3,17D3,18D3,19D3,20D3,21D3,22D3,23D3,24D3,25D3. The van der Waals surface area contributed by atoms with Gasteiger partial charge in [-0.2, -0.15) is 0 Å². The SMILES string of the molecule is [2H]C([2H])([2H])OC[C@H]1O[C@@H](O[C@H]2[C@H](OC([2H])([2H])[2H])[C@@H](OC([2H])([2H])[2H])[C@H](OC[C@@H]([C@H](OC([2H])([2H])[2H])[C@@H](CCCCCCCCCCCCC)OC([2H])([2H])[2H])N(C(=O)[C@@H](CCCCCCCCCCCCCCCCCCCCC)OC([2H])([2H])[2H])C([2H])([2H])[2H])O[C@@H]2COC([2H])([2H])[2H])[C@H](OC([2H])([2H])[2H])[C@@H](O[C@]2(C(=O)OC([2H])([2H])[2H])C[C@H](OC([2H])([2H])[2H])[C@@H](N(C(=O)CO[C@]3(C(=O)OC([2H])([2H])[2H])C[C@H](OC([2H])([2H])[2H])[C@@H](N(C(C)=O)C([2H])([2H])[2H])[C@H]([C@H](OC([2H])([2H])[2H])[C@@H](COC([2H])([2H])[2H])OC)O3)C([2H])([2H])[2H])[C@H]([C@H](OC([2H])([2H])[2H])[C@@H](COC([2H])([2H])[2H])OC([2H])([2H])[2H])O2)[C@H]1OC([2H])([2H])[2H]. The van der Waals surface area contributed by atoms with E-state index in [0.717, 1.165) is 103 Å². The van der Waals surface area contributed by atoms with E-state index in [4.69, 9.17) is 201 Å². The van der Waals surface area contributed by atoms with Gasteiger partial charge in [0.1, 0.15) is 104 Å². The molecule has 4 saturated heterocycles. The summed E-state index contributed by atoms with van der Waals surface area (Å²) >= 11 is 0. The fraction of sp³-hybridized carbons (Fsp3) is 0.948. The van der Waals surface area contributed by atoms with E-state index in [9.17, 15) is 13.0 Å². The van der Waals surface area contributed by atoms with Crippen LogP contribution in [-0.2, 0) is 152 Å². The Morgan fingerprint density at radius 3 is 1.35 bits per heavy atom. The topological polar surface area (TPSA) is 344 Å². The molecular formula is C96H179N3O32. The van der Waals surface area contributed by atoms with Crippen LogP contribution in [0.4, 0.5) is 0 Å². The van der Waals surface area contributed by atoms with Gasteiger partial charge in [0.15, 0.2) is 12.6 Å². The second kappa shape index (κ2) is 67.6.